The maximum absolute atomic E-state index is 8.98. The third kappa shape index (κ3) is 7.22. The van der Waals surface area contributed by atoms with Gasteiger partial charge in [-0.25, -0.2) is 0 Å². The summed E-state index contributed by atoms with van der Waals surface area (Å²) in [4.78, 5) is 0. The van der Waals surface area contributed by atoms with Crippen molar-refractivity contribution in [2.75, 3.05) is 13.2 Å². The molecule has 0 heterocycles. The molecule has 0 aliphatic carbocycles. The lowest BCUT2D eigenvalue weighted by atomic mass is 9.77. The van der Waals surface area contributed by atoms with Gasteiger partial charge in [-0.05, 0) is 39.5 Å². The molecule has 0 spiro atoms. The van der Waals surface area contributed by atoms with Crippen LogP contribution in [0.4, 0.5) is 0 Å². The molecule has 0 aromatic rings. The Labute approximate surface area is 117 Å². The van der Waals surface area contributed by atoms with Crippen LogP contribution in [0.5, 0.6) is 0 Å². The Balaban J connectivity index is 4.70. The highest BCUT2D eigenvalue weighted by atomic mass is 16.5. The molecule has 0 aliphatic rings. The lowest BCUT2D eigenvalue weighted by Gasteiger charge is -2.41. The van der Waals surface area contributed by atoms with Crippen LogP contribution < -0.4 is 11.5 Å². The van der Waals surface area contributed by atoms with Crippen molar-refractivity contribution in [2.24, 2.45) is 16.9 Å². The first-order valence-electron chi connectivity index (χ1n) is 6.94. The van der Waals surface area contributed by atoms with Gasteiger partial charge in [0.25, 0.3) is 0 Å². The van der Waals surface area contributed by atoms with Gasteiger partial charge in [0.15, 0.2) is 0 Å². The molecule has 0 aromatic carbocycles. The van der Waals surface area contributed by atoms with Crippen molar-refractivity contribution in [3.8, 4) is 0 Å². The average molecular weight is 276 g/mol. The number of nitrogens with two attached hydrogens (primary N) is 2. The van der Waals surface area contributed by atoms with Crippen LogP contribution in [-0.4, -0.2) is 42.3 Å². The Bertz CT molecular complexity index is 255. The third-order valence-electron chi connectivity index (χ3n) is 3.05. The number of hydrogen-bond donors (Lipinski definition) is 3. The van der Waals surface area contributed by atoms with Crippen molar-refractivity contribution >= 4 is 0 Å². The predicted octanol–water partition coefficient (Wildman–Crippen LogP) is 1.23. The lowest BCUT2D eigenvalue weighted by molar-refractivity contribution is -0.130. The van der Waals surface area contributed by atoms with E-state index >= 15 is 0 Å². The first-order valence-corrected chi connectivity index (χ1v) is 6.94. The standard InChI is InChI=1S/C14H32N2O3/c1-10(2)18-11(7-15)13(3,4)9-14(5,6)19-12(16)8-17/h10-12,17H,7-9,15-16H2,1-6H3. The molecule has 0 rings (SSSR count). The maximum atomic E-state index is 8.98. The molecule has 5 N–H and O–H groups in total. The van der Waals surface area contributed by atoms with Crippen LogP contribution in [0, 0.1) is 5.41 Å². The van der Waals surface area contributed by atoms with E-state index in [2.05, 4.69) is 13.8 Å². The first kappa shape index (κ1) is 18.8. The van der Waals surface area contributed by atoms with Crippen molar-refractivity contribution in [2.45, 2.75) is 72.0 Å². The molecule has 0 aromatic heterocycles. The summed E-state index contributed by atoms with van der Waals surface area (Å²) in [6, 6.07) is 0. The van der Waals surface area contributed by atoms with Gasteiger partial charge < -0.3 is 26.0 Å². The van der Waals surface area contributed by atoms with Crippen LogP contribution in [0.3, 0.4) is 0 Å². The minimum absolute atomic E-state index is 0.0410. The van der Waals surface area contributed by atoms with Crippen LogP contribution >= 0.6 is 0 Å². The molecule has 2 unspecified atom stereocenters. The Morgan fingerprint density at radius 1 is 1.16 bits per heavy atom. The van der Waals surface area contributed by atoms with Gasteiger partial charge >= 0.3 is 0 Å². The van der Waals surface area contributed by atoms with Gasteiger partial charge in [0.05, 0.1) is 24.4 Å². The first-order chi connectivity index (χ1) is 8.54. The number of aliphatic hydroxyl groups excluding tert-OH is 1. The highest BCUT2D eigenvalue weighted by Crippen LogP contribution is 2.35. The summed E-state index contributed by atoms with van der Waals surface area (Å²) < 4.78 is 11.5. The SMILES string of the molecule is CC(C)OC(CN)C(C)(C)CC(C)(C)OC(N)CO. The molecule has 5 heteroatoms. The van der Waals surface area contributed by atoms with Gasteiger partial charge in [0.1, 0.15) is 6.23 Å². The molecule has 19 heavy (non-hydrogen) atoms. The van der Waals surface area contributed by atoms with Crippen LogP contribution in [0.25, 0.3) is 0 Å². The van der Waals surface area contributed by atoms with Gasteiger partial charge in [0, 0.05) is 6.54 Å². The molecular formula is C14H32N2O3. The Kier molecular flexibility index (Phi) is 7.47. The van der Waals surface area contributed by atoms with E-state index < -0.39 is 11.8 Å². The van der Waals surface area contributed by atoms with E-state index in [9.17, 15) is 0 Å². The Morgan fingerprint density at radius 2 is 1.68 bits per heavy atom. The predicted molar refractivity (Wildman–Crippen MR) is 77.7 cm³/mol. The number of ether oxygens (including phenoxy) is 2. The van der Waals surface area contributed by atoms with Crippen LogP contribution in [0.1, 0.15) is 48.0 Å². The van der Waals surface area contributed by atoms with Crippen LogP contribution in [0.2, 0.25) is 0 Å². The summed E-state index contributed by atoms with van der Waals surface area (Å²) in [6.07, 6.45) is 0.174. The van der Waals surface area contributed by atoms with Gasteiger partial charge in [-0.15, -0.1) is 0 Å². The summed E-state index contributed by atoms with van der Waals surface area (Å²) in [5.74, 6) is 0. The molecule has 5 nitrogen and oxygen atoms in total. The summed E-state index contributed by atoms with van der Waals surface area (Å²) in [5, 5.41) is 8.98. The number of aliphatic hydroxyl groups is 1. The largest absolute Gasteiger partial charge is 0.392 e. The Hall–Kier alpha value is -0.200. The molecule has 0 fully saturated rings. The molecular weight excluding hydrogens is 244 g/mol. The second-order valence-electron chi connectivity index (χ2n) is 6.67. The van der Waals surface area contributed by atoms with E-state index in [-0.39, 0.29) is 24.2 Å². The molecule has 0 saturated carbocycles. The number of hydrogen-bond acceptors (Lipinski definition) is 5. The van der Waals surface area contributed by atoms with Crippen molar-refractivity contribution in [1.82, 2.24) is 0 Å². The zero-order valence-corrected chi connectivity index (χ0v) is 13.3. The molecule has 0 amide bonds. The summed E-state index contributed by atoms with van der Waals surface area (Å²) >= 11 is 0. The minimum Gasteiger partial charge on any atom is -0.392 e. The molecule has 2 atom stereocenters. The number of rotatable bonds is 9. The van der Waals surface area contributed by atoms with E-state index in [1.807, 2.05) is 27.7 Å². The quantitative estimate of drug-likeness (QED) is 0.551. The van der Waals surface area contributed by atoms with Crippen molar-refractivity contribution in [1.29, 1.82) is 0 Å². The van der Waals surface area contributed by atoms with Gasteiger partial charge in [-0.1, -0.05) is 13.8 Å². The Morgan fingerprint density at radius 3 is 2.05 bits per heavy atom. The molecule has 0 aliphatic heterocycles. The zero-order chi connectivity index (χ0) is 15.3. The van der Waals surface area contributed by atoms with E-state index in [0.717, 1.165) is 6.42 Å². The summed E-state index contributed by atoms with van der Waals surface area (Å²) in [7, 11) is 0. The van der Waals surface area contributed by atoms with Crippen molar-refractivity contribution < 1.29 is 14.6 Å². The summed E-state index contributed by atoms with van der Waals surface area (Å²) in [6.45, 7) is 12.4. The fourth-order valence-corrected chi connectivity index (χ4v) is 2.59. The van der Waals surface area contributed by atoms with Gasteiger partial charge in [0.2, 0.25) is 0 Å². The lowest BCUT2D eigenvalue weighted by Crippen LogP contribution is -2.46. The summed E-state index contributed by atoms with van der Waals surface area (Å²) in [5.41, 5.74) is 10.9. The minimum atomic E-state index is -0.659. The normalized spacial score (nSPS) is 16.7. The smallest absolute Gasteiger partial charge is 0.129 e. The monoisotopic (exact) mass is 276 g/mol. The maximum Gasteiger partial charge on any atom is 0.129 e. The second kappa shape index (κ2) is 7.55. The van der Waals surface area contributed by atoms with Gasteiger partial charge in [-0.2, -0.15) is 0 Å². The molecule has 0 saturated heterocycles. The fourth-order valence-electron chi connectivity index (χ4n) is 2.59. The fraction of sp³-hybridized carbons (Fsp3) is 1.00. The van der Waals surface area contributed by atoms with Crippen LogP contribution in [-0.2, 0) is 9.47 Å². The van der Waals surface area contributed by atoms with E-state index in [1.54, 1.807) is 0 Å². The molecule has 116 valence electrons. The third-order valence-corrected chi connectivity index (χ3v) is 3.05. The van der Waals surface area contributed by atoms with Crippen LogP contribution in [0.15, 0.2) is 0 Å². The van der Waals surface area contributed by atoms with E-state index in [0.29, 0.717) is 6.54 Å². The second-order valence-corrected chi connectivity index (χ2v) is 6.67. The molecule has 0 radical (unpaired) electrons. The van der Waals surface area contributed by atoms with Crippen molar-refractivity contribution in [3.63, 3.8) is 0 Å². The highest BCUT2D eigenvalue weighted by Gasteiger charge is 2.37. The average Bonchev–Trinajstić information content (AvgIpc) is 2.22. The van der Waals surface area contributed by atoms with E-state index in [1.165, 1.54) is 0 Å². The van der Waals surface area contributed by atoms with Crippen molar-refractivity contribution in [3.05, 3.63) is 0 Å². The van der Waals surface area contributed by atoms with E-state index in [4.69, 9.17) is 26.0 Å². The zero-order valence-electron chi connectivity index (χ0n) is 13.3. The molecule has 0 bridgehead atoms. The topological polar surface area (TPSA) is 90.7 Å². The van der Waals surface area contributed by atoms with Gasteiger partial charge in [-0.3, -0.25) is 0 Å². The highest BCUT2D eigenvalue weighted by molar-refractivity contribution is 4.87.